The van der Waals surface area contributed by atoms with Crippen molar-refractivity contribution in [1.29, 1.82) is 0 Å². The van der Waals surface area contributed by atoms with Crippen LogP contribution in [0.5, 0.6) is 5.75 Å². The molecule has 13 atom stereocenters. The first-order chi connectivity index (χ1) is 51.5. The lowest BCUT2D eigenvalue weighted by atomic mass is 9.98. The van der Waals surface area contributed by atoms with Crippen molar-refractivity contribution in [3.05, 3.63) is 171 Å². The molecule has 0 bridgehead atoms. The van der Waals surface area contributed by atoms with Crippen LogP contribution in [0, 0.1) is 3.57 Å². The normalized spacial score (nSPS) is 23.6. The summed E-state index contributed by atoms with van der Waals surface area (Å²) >= 11 is 1.84. The Morgan fingerprint density at radius 1 is 0.546 bits per heavy atom. The quantitative estimate of drug-likeness (QED) is 0.0251. The molecule has 0 radical (unpaired) electrons. The number of aromatic nitrogens is 1. The van der Waals surface area contributed by atoms with Gasteiger partial charge in [0.1, 0.15) is 66.2 Å². The molecule has 582 valence electrons. The number of amides is 11. The molecule has 7 rings (SSSR count). The zero-order valence-electron chi connectivity index (χ0n) is 60.6. The summed E-state index contributed by atoms with van der Waals surface area (Å²) in [6.07, 6.45) is -2.14. The minimum Gasteiger partial charge on any atom is -0.507 e. The molecule has 6 aromatic rings. The number of aliphatic hydroxyl groups excluding tert-OH is 3. The molecule has 1 aliphatic rings. The van der Waals surface area contributed by atoms with E-state index in [0.29, 0.717) is 61.7 Å². The van der Waals surface area contributed by atoms with Crippen LogP contribution in [0.25, 0.3) is 10.9 Å². The minimum atomic E-state index is -1.93. The standard InChI is InChI=1S/C75H98IN15O15S2/c1-41(2)80-36-47-25-23-46(24-26-47)34-61-72(103)90-64(43(4)94)73(104)85-57(33-48-27-28-62(95)51(76)30-48)70(101)89-63(42(3)93)74(105)87-59(38-92)71(102)88-60(65(79)96)40-108-107-39-52(78)66(97)82-54(22-14-15-29-77)67(98)83-55(31-44-16-8-6-9-17-44)68(99)84-56(32-45-18-10-7-11-19-45)69(100)86-58(75(106)91(61)5)35-49-37-81-53-21-13-12-20-50(49)53/h6-13,16-21,23-28,30,37,41-43,52,54-61,63-64,80-81,92-95H,14-15,22,29,31-36,38-40,77-78H2,1-5H3,(H2,79,96)(H,82,97)(H,83,98)(H,84,99)(H,85,104)(H,86,100)(H,87,105)(H,88,102)(H,89,101)(H,90,103)/t42-,43-,52+,54+,55+,56+,57+,58-,59+,60+,61+,63+,64+/m1/s1. The second-order valence-electron chi connectivity index (χ2n) is 26.9. The van der Waals surface area contributed by atoms with E-state index in [4.69, 9.17) is 17.2 Å². The Morgan fingerprint density at radius 3 is 1.57 bits per heavy atom. The van der Waals surface area contributed by atoms with Gasteiger partial charge >= 0.3 is 0 Å². The first-order valence-corrected chi connectivity index (χ1v) is 39.0. The number of aromatic hydroxyl groups is 1. The van der Waals surface area contributed by atoms with Gasteiger partial charge in [0.25, 0.3) is 0 Å². The van der Waals surface area contributed by atoms with Crippen LogP contribution in [0.2, 0.25) is 0 Å². The van der Waals surface area contributed by atoms with Crippen molar-refractivity contribution >= 4 is 120 Å². The third-order valence-electron chi connectivity index (χ3n) is 18.0. The number of nitrogens with two attached hydrogens (primary N) is 3. The number of carbonyl (C=O) groups excluding carboxylic acids is 11. The zero-order valence-corrected chi connectivity index (χ0v) is 64.4. The van der Waals surface area contributed by atoms with Crippen molar-refractivity contribution in [3.8, 4) is 5.75 Å². The van der Waals surface area contributed by atoms with Crippen LogP contribution in [0.3, 0.4) is 0 Å². The van der Waals surface area contributed by atoms with E-state index in [1.165, 1.54) is 32.2 Å². The Hall–Kier alpha value is -9.20. The molecule has 0 aliphatic carbocycles. The van der Waals surface area contributed by atoms with Gasteiger partial charge in [-0.2, -0.15) is 0 Å². The lowest BCUT2D eigenvalue weighted by molar-refractivity contribution is -0.143. The number of carbonyl (C=O) groups is 11. The highest BCUT2D eigenvalue weighted by Crippen LogP contribution is 2.25. The summed E-state index contributed by atoms with van der Waals surface area (Å²) < 4.78 is 0.329. The SMILES string of the molecule is CC(C)NCc1ccc(C[C@H]2C(=O)N[C@@H]([C@@H](C)O)C(=O)N[C@@H](Cc3ccc(O)c(I)c3)C(=O)N[C@@H]([C@@H](C)O)C(=O)N[C@@H](CO)C(=O)N[C@H](C(N)=O)CSSC[C@H](N)C(=O)N[C@@H](CCCCN)C(=O)N[C@@H](Cc3ccccc3)C(=O)N[C@@H](Cc3ccccc3)C(=O)N[C@H](Cc3c[nH]c4ccccc34)C(=O)N2C)cc1. The molecule has 0 saturated carbocycles. The van der Waals surface area contributed by atoms with Crippen LogP contribution < -0.4 is 70.4 Å². The molecule has 33 heteroatoms. The molecule has 1 aliphatic heterocycles. The second-order valence-corrected chi connectivity index (χ2v) is 30.6. The van der Waals surface area contributed by atoms with Crippen molar-refractivity contribution in [1.82, 2.24) is 63.1 Å². The fraction of sp³-hybridized carbons (Fsp3) is 0.427. The average Bonchev–Trinajstić information content (AvgIpc) is 1.53. The predicted molar refractivity (Wildman–Crippen MR) is 418 cm³/mol. The third kappa shape index (κ3) is 26.0. The average molecular weight is 1640 g/mol. The van der Waals surface area contributed by atoms with Gasteiger partial charge in [-0.1, -0.05) is 145 Å². The molecule has 2 heterocycles. The van der Waals surface area contributed by atoms with Gasteiger partial charge in [-0.25, -0.2) is 0 Å². The lowest BCUT2D eigenvalue weighted by Crippen LogP contribution is -2.63. The predicted octanol–water partition coefficient (Wildman–Crippen LogP) is -0.230. The van der Waals surface area contributed by atoms with E-state index in [1.54, 1.807) is 91.1 Å². The zero-order chi connectivity index (χ0) is 78.7. The van der Waals surface area contributed by atoms with Crippen molar-refractivity contribution in [3.63, 3.8) is 0 Å². The molecule has 1 aromatic heterocycles. The maximum Gasteiger partial charge on any atom is 0.245 e. The highest BCUT2D eigenvalue weighted by Gasteiger charge is 2.40. The largest absolute Gasteiger partial charge is 0.507 e. The highest BCUT2D eigenvalue weighted by atomic mass is 127. The number of benzene rings is 5. The first kappa shape index (κ1) is 86.0. The van der Waals surface area contributed by atoms with E-state index in [2.05, 4.69) is 58.2 Å². The van der Waals surface area contributed by atoms with Gasteiger partial charge in [-0.05, 0) is 114 Å². The number of H-pyrrole nitrogens is 1. The number of nitrogens with one attached hydrogen (secondary N) is 11. The summed E-state index contributed by atoms with van der Waals surface area (Å²) in [5.74, 6) is -11.3. The van der Waals surface area contributed by atoms with Crippen LogP contribution >= 0.6 is 44.2 Å². The molecule has 11 amide bonds. The smallest absolute Gasteiger partial charge is 0.245 e. The van der Waals surface area contributed by atoms with Gasteiger partial charge in [0.15, 0.2) is 0 Å². The van der Waals surface area contributed by atoms with Crippen LogP contribution in [0.15, 0.2) is 134 Å². The van der Waals surface area contributed by atoms with Gasteiger partial charge in [0.05, 0.1) is 28.4 Å². The lowest BCUT2D eigenvalue weighted by Gasteiger charge is -2.33. The molecule has 21 N–H and O–H groups in total. The number of fused-ring (bicyclic) bond motifs is 1. The molecule has 30 nitrogen and oxygen atoms in total. The molecule has 0 spiro atoms. The second kappa shape index (κ2) is 42.5. The van der Waals surface area contributed by atoms with Crippen LogP contribution in [0.1, 0.15) is 80.3 Å². The Balaban J connectivity index is 1.34. The number of hydrogen-bond donors (Lipinski definition) is 18. The monoisotopic (exact) mass is 1640 g/mol. The van der Waals surface area contributed by atoms with Crippen LogP contribution in [0.4, 0.5) is 0 Å². The minimum absolute atomic E-state index is 0.0372. The number of aliphatic hydroxyl groups is 3. The highest BCUT2D eigenvalue weighted by molar-refractivity contribution is 14.1. The molecular formula is C75H98IN15O15S2. The van der Waals surface area contributed by atoms with Crippen molar-refractivity contribution in [2.75, 3.05) is 31.7 Å². The van der Waals surface area contributed by atoms with Crippen molar-refractivity contribution < 1.29 is 73.2 Å². The summed E-state index contributed by atoms with van der Waals surface area (Å²) in [7, 11) is 3.28. The maximum absolute atomic E-state index is 15.9. The summed E-state index contributed by atoms with van der Waals surface area (Å²) in [4.78, 5) is 166. The summed E-state index contributed by atoms with van der Waals surface area (Å²) in [6, 6.07) is 18.7. The number of unbranched alkanes of at least 4 members (excludes halogenated alkanes) is 1. The number of phenolic OH excluding ortho intramolecular Hbond substituents is 1. The van der Waals surface area contributed by atoms with E-state index in [0.717, 1.165) is 39.0 Å². The number of rotatable bonds is 21. The maximum atomic E-state index is 15.9. The van der Waals surface area contributed by atoms with E-state index in [1.807, 2.05) is 60.7 Å². The van der Waals surface area contributed by atoms with E-state index in [9.17, 15) is 54.0 Å². The number of halogens is 1. The van der Waals surface area contributed by atoms with Crippen LogP contribution in [-0.2, 0) is 91.4 Å². The Labute approximate surface area is 647 Å². The molecular weight excluding hydrogens is 1540 g/mol. The summed E-state index contributed by atoms with van der Waals surface area (Å²) in [5, 5.41) is 71.1. The number of nitrogens with zero attached hydrogens (tertiary/aromatic N) is 1. The molecule has 1 fully saturated rings. The fourth-order valence-electron chi connectivity index (χ4n) is 11.8. The fourth-order valence-corrected chi connectivity index (χ4v) is 14.7. The van der Waals surface area contributed by atoms with Gasteiger partial charge in [-0.3, -0.25) is 52.7 Å². The van der Waals surface area contributed by atoms with Crippen LogP contribution in [-0.4, -0.2) is 212 Å². The van der Waals surface area contributed by atoms with Gasteiger partial charge < -0.3 is 101 Å². The number of likely N-dealkylation sites (N-methyl/N-ethyl adjacent to an activating group) is 1. The van der Waals surface area contributed by atoms with Gasteiger partial charge in [-0.15, -0.1) is 0 Å². The Morgan fingerprint density at radius 2 is 1.02 bits per heavy atom. The van der Waals surface area contributed by atoms with E-state index < -0.39 is 157 Å². The number of aromatic amines is 1. The molecule has 5 aromatic carbocycles. The first-order valence-electron chi connectivity index (χ1n) is 35.4. The van der Waals surface area contributed by atoms with E-state index >= 15 is 19.2 Å². The number of phenols is 1. The Bertz CT molecular complexity index is 4050. The van der Waals surface area contributed by atoms with E-state index in [-0.39, 0.29) is 61.9 Å². The topological polar surface area (TPSA) is 486 Å². The van der Waals surface area contributed by atoms with Gasteiger partial charge in [0.2, 0.25) is 65.0 Å². The molecule has 1 saturated heterocycles. The third-order valence-corrected chi connectivity index (χ3v) is 21.3. The Kier molecular flexibility index (Phi) is 33.9. The summed E-state index contributed by atoms with van der Waals surface area (Å²) in [5.41, 5.74) is 22.1. The van der Waals surface area contributed by atoms with Crippen molar-refractivity contribution in [2.45, 2.75) is 170 Å². The molecule has 108 heavy (non-hydrogen) atoms. The number of hydrogen-bond acceptors (Lipinski definition) is 20. The molecule has 0 unspecified atom stereocenters. The van der Waals surface area contributed by atoms with Crippen molar-refractivity contribution in [2.24, 2.45) is 17.2 Å². The van der Waals surface area contributed by atoms with Gasteiger partial charge in [0, 0.05) is 80.3 Å². The number of primary amides is 1. The summed E-state index contributed by atoms with van der Waals surface area (Å²) in [6.45, 7) is 5.92. The number of para-hydroxylation sites is 1.